The van der Waals surface area contributed by atoms with Gasteiger partial charge in [-0.05, 0) is 37.1 Å². The minimum absolute atomic E-state index is 0.0427. The van der Waals surface area contributed by atoms with Crippen LogP contribution in [0.2, 0.25) is 5.02 Å². The van der Waals surface area contributed by atoms with Crippen LogP contribution in [0.1, 0.15) is 28.3 Å². The molecule has 1 heterocycles. The zero-order valence-corrected chi connectivity index (χ0v) is 20.0. The van der Waals surface area contributed by atoms with Gasteiger partial charge in [0.2, 0.25) is 0 Å². The highest BCUT2D eigenvalue weighted by Gasteiger charge is 2.47. The SMILES string of the molecule is COc1cc(/C(O)=C2\C(=O)C(=O)N(c3ccc(C)cc3C)C2c2ccccc2)c(OC)cc1Cl. The zero-order valence-electron chi connectivity index (χ0n) is 19.3. The first-order valence-corrected chi connectivity index (χ1v) is 11.0. The van der Waals surface area contributed by atoms with Gasteiger partial charge >= 0.3 is 0 Å². The first-order valence-electron chi connectivity index (χ1n) is 10.6. The molecule has 1 atom stereocenters. The highest BCUT2D eigenvalue weighted by atomic mass is 35.5. The Kier molecular flexibility index (Phi) is 6.35. The third kappa shape index (κ3) is 3.90. The van der Waals surface area contributed by atoms with Crippen LogP contribution in [0.5, 0.6) is 11.5 Å². The Hall–Kier alpha value is -3.77. The van der Waals surface area contributed by atoms with Gasteiger partial charge in [0, 0.05) is 11.8 Å². The van der Waals surface area contributed by atoms with Gasteiger partial charge in [0.1, 0.15) is 17.3 Å². The van der Waals surface area contributed by atoms with Crippen molar-refractivity contribution in [2.24, 2.45) is 0 Å². The number of ether oxygens (including phenoxy) is 2. The first kappa shape index (κ1) is 23.4. The highest BCUT2D eigenvalue weighted by molar-refractivity contribution is 6.51. The molecule has 0 bridgehead atoms. The summed E-state index contributed by atoms with van der Waals surface area (Å²) in [5.74, 6) is -1.34. The summed E-state index contributed by atoms with van der Waals surface area (Å²) in [4.78, 5) is 28.2. The lowest BCUT2D eigenvalue weighted by atomic mass is 9.94. The fraction of sp³-hybridized carbons (Fsp3) is 0.185. The summed E-state index contributed by atoms with van der Waals surface area (Å²) >= 11 is 6.22. The monoisotopic (exact) mass is 477 g/mol. The molecule has 0 saturated carbocycles. The second kappa shape index (κ2) is 9.23. The predicted octanol–water partition coefficient (Wildman–Crippen LogP) is 5.60. The van der Waals surface area contributed by atoms with Crippen LogP contribution in [0.25, 0.3) is 5.76 Å². The number of amides is 1. The summed E-state index contributed by atoms with van der Waals surface area (Å²) in [7, 11) is 2.87. The molecule has 3 aromatic rings. The van der Waals surface area contributed by atoms with Crippen LogP contribution < -0.4 is 14.4 Å². The van der Waals surface area contributed by atoms with E-state index in [1.165, 1.54) is 31.3 Å². The van der Waals surface area contributed by atoms with Crippen LogP contribution in [0.4, 0.5) is 5.69 Å². The topological polar surface area (TPSA) is 76.1 Å². The molecule has 1 fully saturated rings. The van der Waals surface area contributed by atoms with E-state index in [2.05, 4.69) is 0 Å². The fourth-order valence-corrected chi connectivity index (χ4v) is 4.53. The number of carbonyl (C=O) groups excluding carboxylic acids is 2. The number of carbonyl (C=O) groups is 2. The lowest BCUT2D eigenvalue weighted by molar-refractivity contribution is -0.132. The number of hydrogen-bond acceptors (Lipinski definition) is 5. The number of aliphatic hydroxyl groups excluding tert-OH is 1. The van der Waals surface area contributed by atoms with Crippen LogP contribution in [0.3, 0.4) is 0 Å². The average molecular weight is 478 g/mol. The number of halogens is 1. The molecule has 4 rings (SSSR count). The van der Waals surface area contributed by atoms with Crippen LogP contribution in [-0.2, 0) is 9.59 Å². The molecule has 1 N–H and O–H groups in total. The molecule has 6 nitrogen and oxygen atoms in total. The second-order valence-corrected chi connectivity index (χ2v) is 8.46. The Morgan fingerprint density at radius 3 is 2.24 bits per heavy atom. The van der Waals surface area contributed by atoms with Gasteiger partial charge in [-0.2, -0.15) is 0 Å². The van der Waals surface area contributed by atoms with E-state index in [1.807, 2.05) is 62.4 Å². The maximum Gasteiger partial charge on any atom is 0.300 e. The molecule has 0 radical (unpaired) electrons. The normalized spacial score (nSPS) is 17.2. The van der Waals surface area contributed by atoms with E-state index in [9.17, 15) is 14.7 Å². The number of hydrogen-bond donors (Lipinski definition) is 1. The highest BCUT2D eigenvalue weighted by Crippen LogP contribution is 2.45. The Balaban J connectivity index is 2.01. The molecule has 0 aliphatic carbocycles. The predicted molar refractivity (Wildman–Crippen MR) is 132 cm³/mol. The number of benzene rings is 3. The largest absolute Gasteiger partial charge is 0.507 e. The number of Topliss-reactive ketones (excluding diaryl/α,β-unsaturated/α-hetero) is 1. The molecule has 1 amide bonds. The van der Waals surface area contributed by atoms with Gasteiger partial charge in [0.05, 0.1) is 36.4 Å². The van der Waals surface area contributed by atoms with Gasteiger partial charge in [-0.1, -0.05) is 59.6 Å². The lowest BCUT2D eigenvalue weighted by Gasteiger charge is -2.27. The van der Waals surface area contributed by atoms with E-state index in [0.29, 0.717) is 17.0 Å². The zero-order chi connectivity index (χ0) is 24.6. The van der Waals surface area contributed by atoms with Crippen LogP contribution in [0, 0.1) is 13.8 Å². The molecule has 3 aromatic carbocycles. The summed E-state index contributed by atoms with van der Waals surface area (Å²) in [6, 6.07) is 16.9. The Morgan fingerprint density at radius 2 is 1.62 bits per heavy atom. The number of anilines is 1. The van der Waals surface area contributed by atoms with Crippen LogP contribution in [0.15, 0.2) is 66.2 Å². The van der Waals surface area contributed by atoms with E-state index >= 15 is 0 Å². The molecule has 34 heavy (non-hydrogen) atoms. The summed E-state index contributed by atoms with van der Waals surface area (Å²) in [5.41, 5.74) is 3.31. The minimum atomic E-state index is -0.839. The molecular formula is C27H24ClNO5. The van der Waals surface area contributed by atoms with Crippen molar-refractivity contribution in [2.45, 2.75) is 19.9 Å². The Bertz CT molecular complexity index is 1320. The van der Waals surface area contributed by atoms with Crippen molar-refractivity contribution in [2.75, 3.05) is 19.1 Å². The average Bonchev–Trinajstić information content (AvgIpc) is 3.09. The van der Waals surface area contributed by atoms with Crippen molar-refractivity contribution in [3.8, 4) is 11.5 Å². The maximum absolute atomic E-state index is 13.4. The van der Waals surface area contributed by atoms with Gasteiger partial charge in [-0.3, -0.25) is 14.5 Å². The summed E-state index contributed by atoms with van der Waals surface area (Å²) in [5, 5.41) is 11.7. The van der Waals surface area contributed by atoms with Crippen molar-refractivity contribution < 1.29 is 24.2 Å². The third-order valence-electron chi connectivity index (χ3n) is 5.90. The van der Waals surface area contributed by atoms with Gasteiger partial charge in [0.25, 0.3) is 11.7 Å². The third-order valence-corrected chi connectivity index (χ3v) is 6.20. The number of aryl methyl sites for hydroxylation is 2. The van der Waals surface area contributed by atoms with E-state index in [4.69, 9.17) is 21.1 Å². The van der Waals surface area contributed by atoms with Crippen molar-refractivity contribution in [1.29, 1.82) is 0 Å². The van der Waals surface area contributed by atoms with Gasteiger partial charge in [-0.25, -0.2) is 0 Å². The molecule has 1 saturated heterocycles. The molecular weight excluding hydrogens is 454 g/mol. The molecule has 0 aromatic heterocycles. The number of aliphatic hydroxyl groups is 1. The standard InChI is InChI=1S/C27H24ClNO5/c1-15-10-11-20(16(2)12-15)29-24(17-8-6-5-7-9-17)23(26(31)27(29)32)25(30)18-13-22(34-4)19(28)14-21(18)33-3/h5-14,24,30H,1-4H3/b25-23+. The minimum Gasteiger partial charge on any atom is -0.507 e. The van der Waals surface area contributed by atoms with Crippen LogP contribution >= 0.6 is 11.6 Å². The number of rotatable bonds is 5. The second-order valence-electron chi connectivity index (χ2n) is 8.06. The first-order chi connectivity index (χ1) is 16.3. The number of ketones is 1. The van der Waals surface area contributed by atoms with Crippen molar-refractivity contribution in [3.05, 3.63) is 93.5 Å². The van der Waals surface area contributed by atoms with Crippen molar-refractivity contribution >= 4 is 34.7 Å². The van der Waals surface area contributed by atoms with Gasteiger partial charge < -0.3 is 14.6 Å². The van der Waals surface area contributed by atoms with E-state index < -0.39 is 17.7 Å². The number of methoxy groups -OCH3 is 2. The smallest absolute Gasteiger partial charge is 0.300 e. The number of nitrogens with zero attached hydrogens (tertiary/aromatic N) is 1. The van der Waals surface area contributed by atoms with Crippen molar-refractivity contribution in [1.82, 2.24) is 0 Å². The molecule has 174 valence electrons. The summed E-state index contributed by atoms with van der Waals surface area (Å²) < 4.78 is 10.7. The molecule has 1 unspecified atom stereocenters. The summed E-state index contributed by atoms with van der Waals surface area (Å²) in [6.07, 6.45) is 0. The molecule has 0 spiro atoms. The summed E-state index contributed by atoms with van der Waals surface area (Å²) in [6.45, 7) is 3.84. The fourth-order valence-electron chi connectivity index (χ4n) is 4.30. The van der Waals surface area contributed by atoms with Gasteiger partial charge in [0.15, 0.2) is 0 Å². The quantitative estimate of drug-likeness (QED) is 0.294. The molecule has 1 aliphatic rings. The van der Waals surface area contributed by atoms with Gasteiger partial charge in [-0.15, -0.1) is 0 Å². The van der Waals surface area contributed by atoms with E-state index in [0.717, 1.165) is 11.1 Å². The Morgan fingerprint density at radius 1 is 0.941 bits per heavy atom. The lowest BCUT2D eigenvalue weighted by Crippen LogP contribution is -2.30. The molecule has 1 aliphatic heterocycles. The van der Waals surface area contributed by atoms with Crippen LogP contribution in [-0.4, -0.2) is 31.0 Å². The molecule has 7 heteroatoms. The van der Waals surface area contributed by atoms with Crippen molar-refractivity contribution in [3.63, 3.8) is 0 Å². The van der Waals surface area contributed by atoms with E-state index in [-0.39, 0.29) is 27.7 Å². The van der Waals surface area contributed by atoms with E-state index in [1.54, 1.807) is 0 Å². The maximum atomic E-state index is 13.4. The Labute approximate surface area is 203 Å².